The van der Waals surface area contributed by atoms with E-state index >= 15 is 0 Å². The minimum Gasteiger partial charge on any atom is -0.364 e. The zero-order valence-electron chi connectivity index (χ0n) is 12.6. The van der Waals surface area contributed by atoms with Crippen LogP contribution in [-0.2, 0) is 19.5 Å². The van der Waals surface area contributed by atoms with Gasteiger partial charge in [-0.1, -0.05) is 6.92 Å². The van der Waals surface area contributed by atoms with E-state index in [0.717, 1.165) is 29.6 Å². The Balaban J connectivity index is 0.00000220. The van der Waals surface area contributed by atoms with Gasteiger partial charge in [0.2, 0.25) is 0 Å². The SMILES string of the molecule is CCc1cnc(CNC(=NC)N(C)Cc2ccc[nH]2)s1.I. The molecule has 0 radical (unpaired) electrons. The molecule has 0 aliphatic rings. The van der Waals surface area contributed by atoms with Crippen LogP contribution in [0.1, 0.15) is 22.5 Å². The minimum atomic E-state index is 0. The molecule has 0 aromatic carbocycles. The molecule has 7 heteroatoms. The van der Waals surface area contributed by atoms with Gasteiger partial charge in [-0.2, -0.15) is 0 Å². The van der Waals surface area contributed by atoms with E-state index < -0.39 is 0 Å². The summed E-state index contributed by atoms with van der Waals surface area (Å²) in [5, 5.41) is 4.44. The minimum absolute atomic E-state index is 0. The smallest absolute Gasteiger partial charge is 0.194 e. The maximum absolute atomic E-state index is 4.40. The lowest BCUT2D eigenvalue weighted by Crippen LogP contribution is -2.38. The number of H-pyrrole nitrogens is 1. The highest BCUT2D eigenvalue weighted by Gasteiger charge is 2.08. The van der Waals surface area contributed by atoms with Gasteiger partial charge in [-0.25, -0.2) is 4.98 Å². The Morgan fingerprint density at radius 1 is 1.52 bits per heavy atom. The molecule has 21 heavy (non-hydrogen) atoms. The van der Waals surface area contributed by atoms with Crippen molar-refractivity contribution < 1.29 is 0 Å². The number of hydrogen-bond acceptors (Lipinski definition) is 3. The van der Waals surface area contributed by atoms with Crippen molar-refractivity contribution in [3.05, 3.63) is 40.1 Å². The first kappa shape index (κ1) is 18.0. The molecule has 116 valence electrons. The summed E-state index contributed by atoms with van der Waals surface area (Å²) in [5.74, 6) is 0.868. The number of nitrogens with one attached hydrogen (secondary N) is 2. The number of aromatic amines is 1. The van der Waals surface area contributed by atoms with Gasteiger partial charge in [-0.3, -0.25) is 4.99 Å². The summed E-state index contributed by atoms with van der Waals surface area (Å²) in [6.45, 7) is 3.66. The molecule has 0 aliphatic heterocycles. The third-order valence-corrected chi connectivity index (χ3v) is 4.13. The van der Waals surface area contributed by atoms with Crippen LogP contribution >= 0.6 is 35.3 Å². The van der Waals surface area contributed by atoms with Gasteiger partial charge in [0, 0.05) is 37.1 Å². The van der Waals surface area contributed by atoms with Gasteiger partial charge in [0.1, 0.15) is 5.01 Å². The Bertz CT molecular complexity index is 549. The van der Waals surface area contributed by atoms with Crippen molar-refractivity contribution in [3.63, 3.8) is 0 Å². The summed E-state index contributed by atoms with van der Waals surface area (Å²) in [5.41, 5.74) is 1.16. The fraction of sp³-hybridized carbons (Fsp3) is 0.429. The standard InChI is InChI=1S/C14H21N5S.HI/c1-4-12-8-17-13(20-12)9-18-14(15-2)19(3)10-11-6-5-7-16-11;/h5-8,16H,4,9-10H2,1-3H3,(H,15,18);1H. The Kier molecular flexibility index (Phi) is 7.73. The number of halogens is 1. The molecule has 2 aromatic rings. The second-order valence-electron chi connectivity index (χ2n) is 4.53. The first-order valence-electron chi connectivity index (χ1n) is 6.70. The first-order valence-corrected chi connectivity index (χ1v) is 7.52. The molecule has 0 spiro atoms. The van der Waals surface area contributed by atoms with Crippen molar-refractivity contribution in [2.45, 2.75) is 26.4 Å². The normalized spacial score (nSPS) is 11.1. The van der Waals surface area contributed by atoms with Gasteiger partial charge in [-0.15, -0.1) is 35.3 Å². The van der Waals surface area contributed by atoms with E-state index in [-0.39, 0.29) is 24.0 Å². The second kappa shape index (κ2) is 9.04. The van der Waals surface area contributed by atoms with Crippen molar-refractivity contribution in [1.82, 2.24) is 20.2 Å². The predicted octanol–water partition coefficient (Wildman–Crippen LogP) is 2.86. The number of guanidine groups is 1. The molecular weight excluding hydrogens is 397 g/mol. The Morgan fingerprint density at radius 3 is 2.90 bits per heavy atom. The van der Waals surface area contributed by atoms with Gasteiger partial charge in [-0.05, 0) is 18.6 Å². The molecule has 0 saturated heterocycles. The molecule has 2 N–H and O–H groups in total. The molecule has 0 fully saturated rings. The molecule has 0 aliphatic carbocycles. The average Bonchev–Trinajstić information content (AvgIpc) is 3.10. The number of aromatic nitrogens is 2. The second-order valence-corrected chi connectivity index (χ2v) is 5.73. The van der Waals surface area contributed by atoms with Gasteiger partial charge < -0.3 is 15.2 Å². The molecule has 0 bridgehead atoms. The topological polar surface area (TPSA) is 56.3 Å². The highest BCUT2D eigenvalue weighted by molar-refractivity contribution is 14.0. The summed E-state index contributed by atoms with van der Waals surface area (Å²) in [6.07, 6.45) is 4.92. The number of thiazole rings is 1. The van der Waals surface area contributed by atoms with E-state index in [1.54, 1.807) is 18.4 Å². The lowest BCUT2D eigenvalue weighted by molar-refractivity contribution is 0.471. The Hall–Kier alpha value is -1.09. The van der Waals surface area contributed by atoms with E-state index in [2.05, 4.69) is 38.2 Å². The van der Waals surface area contributed by atoms with Crippen LogP contribution < -0.4 is 5.32 Å². The van der Waals surface area contributed by atoms with Gasteiger partial charge in [0.15, 0.2) is 5.96 Å². The first-order chi connectivity index (χ1) is 9.72. The van der Waals surface area contributed by atoms with E-state index in [1.807, 2.05) is 25.5 Å². The molecular formula is C14H22IN5S. The number of aliphatic imine (C=N–C) groups is 1. The van der Waals surface area contributed by atoms with Crippen LogP contribution in [0.3, 0.4) is 0 Å². The van der Waals surface area contributed by atoms with Crippen LogP contribution in [0, 0.1) is 0 Å². The molecule has 2 heterocycles. The zero-order valence-corrected chi connectivity index (χ0v) is 15.7. The van der Waals surface area contributed by atoms with E-state index in [1.165, 1.54) is 4.88 Å². The monoisotopic (exact) mass is 419 g/mol. The van der Waals surface area contributed by atoms with Crippen molar-refractivity contribution in [2.24, 2.45) is 4.99 Å². The van der Waals surface area contributed by atoms with Crippen molar-refractivity contribution >= 4 is 41.3 Å². The van der Waals surface area contributed by atoms with Crippen LogP contribution in [0.4, 0.5) is 0 Å². The average molecular weight is 419 g/mol. The molecule has 2 rings (SSSR count). The Labute approximate surface area is 146 Å². The summed E-state index contributed by atoms with van der Waals surface area (Å²) in [6, 6.07) is 4.07. The maximum atomic E-state index is 4.40. The highest BCUT2D eigenvalue weighted by Crippen LogP contribution is 2.13. The van der Waals surface area contributed by atoms with Crippen LogP contribution in [0.15, 0.2) is 29.5 Å². The van der Waals surface area contributed by atoms with Crippen LogP contribution in [-0.4, -0.2) is 34.9 Å². The predicted molar refractivity (Wildman–Crippen MR) is 99.4 cm³/mol. The molecule has 2 aromatic heterocycles. The molecule has 0 saturated carbocycles. The zero-order chi connectivity index (χ0) is 14.4. The third-order valence-electron chi connectivity index (χ3n) is 2.99. The summed E-state index contributed by atoms with van der Waals surface area (Å²) >= 11 is 1.75. The van der Waals surface area contributed by atoms with Crippen LogP contribution in [0.5, 0.6) is 0 Å². The maximum Gasteiger partial charge on any atom is 0.194 e. The van der Waals surface area contributed by atoms with E-state index in [9.17, 15) is 0 Å². The molecule has 0 amide bonds. The highest BCUT2D eigenvalue weighted by atomic mass is 127. The fourth-order valence-electron chi connectivity index (χ4n) is 1.93. The summed E-state index contributed by atoms with van der Waals surface area (Å²) < 4.78 is 0. The number of rotatable bonds is 5. The van der Waals surface area contributed by atoms with Gasteiger partial charge in [0.25, 0.3) is 0 Å². The lowest BCUT2D eigenvalue weighted by atomic mass is 10.4. The quantitative estimate of drug-likeness (QED) is 0.445. The van der Waals surface area contributed by atoms with E-state index in [4.69, 9.17) is 0 Å². The molecule has 0 atom stereocenters. The lowest BCUT2D eigenvalue weighted by Gasteiger charge is -2.21. The van der Waals surface area contributed by atoms with Crippen molar-refractivity contribution in [2.75, 3.05) is 14.1 Å². The van der Waals surface area contributed by atoms with E-state index in [0.29, 0.717) is 6.54 Å². The molecule has 0 unspecified atom stereocenters. The van der Waals surface area contributed by atoms with Crippen molar-refractivity contribution in [1.29, 1.82) is 0 Å². The number of nitrogens with zero attached hydrogens (tertiary/aromatic N) is 3. The van der Waals surface area contributed by atoms with Gasteiger partial charge in [0.05, 0.1) is 13.1 Å². The summed E-state index contributed by atoms with van der Waals surface area (Å²) in [4.78, 5) is 15.3. The van der Waals surface area contributed by atoms with Crippen molar-refractivity contribution in [3.8, 4) is 0 Å². The fourth-order valence-corrected chi connectivity index (χ4v) is 2.73. The van der Waals surface area contributed by atoms with Gasteiger partial charge >= 0.3 is 0 Å². The third kappa shape index (κ3) is 5.31. The van der Waals surface area contributed by atoms with Crippen LogP contribution in [0.2, 0.25) is 0 Å². The Morgan fingerprint density at radius 2 is 2.33 bits per heavy atom. The molecule has 5 nitrogen and oxygen atoms in total. The largest absolute Gasteiger partial charge is 0.364 e. The summed E-state index contributed by atoms with van der Waals surface area (Å²) in [7, 11) is 3.82. The van der Waals surface area contributed by atoms with Crippen LogP contribution in [0.25, 0.3) is 0 Å². The number of aryl methyl sites for hydroxylation is 1. The number of hydrogen-bond donors (Lipinski definition) is 2.